The molecule has 0 radical (unpaired) electrons. The van der Waals surface area contributed by atoms with E-state index in [9.17, 15) is 9.59 Å². The normalized spacial score (nSPS) is 10.9. The SMILES string of the molecule is CC(=O)/C(=C/c1ccnc(C)c1)OC=O. The molecule has 0 fully saturated rings. The molecule has 1 aromatic heterocycles. The molecule has 0 aromatic carbocycles. The van der Waals surface area contributed by atoms with Gasteiger partial charge in [0.05, 0.1) is 0 Å². The van der Waals surface area contributed by atoms with E-state index >= 15 is 0 Å². The van der Waals surface area contributed by atoms with Gasteiger partial charge in [-0.25, -0.2) is 0 Å². The van der Waals surface area contributed by atoms with Crippen LogP contribution in [0.15, 0.2) is 24.1 Å². The molecule has 78 valence electrons. The summed E-state index contributed by atoms with van der Waals surface area (Å²) in [6, 6.07) is 3.52. The summed E-state index contributed by atoms with van der Waals surface area (Å²) >= 11 is 0. The number of pyridine rings is 1. The first kappa shape index (κ1) is 11.1. The molecule has 0 amide bonds. The van der Waals surface area contributed by atoms with Gasteiger partial charge in [0.25, 0.3) is 6.47 Å². The van der Waals surface area contributed by atoms with E-state index in [1.54, 1.807) is 18.3 Å². The minimum Gasteiger partial charge on any atom is -0.425 e. The minimum absolute atomic E-state index is 0.0237. The second-order valence-electron chi connectivity index (χ2n) is 3.01. The lowest BCUT2D eigenvalue weighted by Crippen LogP contribution is -2.00. The summed E-state index contributed by atoms with van der Waals surface area (Å²) in [4.78, 5) is 25.2. The summed E-state index contributed by atoms with van der Waals surface area (Å²) < 4.78 is 4.56. The zero-order valence-electron chi connectivity index (χ0n) is 8.56. The first-order valence-corrected chi connectivity index (χ1v) is 4.39. The van der Waals surface area contributed by atoms with Crippen LogP contribution in [0.1, 0.15) is 18.2 Å². The van der Waals surface area contributed by atoms with Crippen LogP contribution in [0.5, 0.6) is 0 Å². The Balaban J connectivity index is 3.01. The molecule has 0 aliphatic carbocycles. The van der Waals surface area contributed by atoms with Crippen molar-refractivity contribution in [2.45, 2.75) is 13.8 Å². The van der Waals surface area contributed by atoms with Crippen molar-refractivity contribution >= 4 is 18.3 Å². The molecule has 0 saturated heterocycles. The van der Waals surface area contributed by atoms with Crippen molar-refractivity contribution in [2.24, 2.45) is 0 Å². The number of ether oxygens (including phenoxy) is 1. The first-order valence-electron chi connectivity index (χ1n) is 4.39. The van der Waals surface area contributed by atoms with Gasteiger partial charge in [0.2, 0.25) is 0 Å². The number of Topliss-reactive ketones (excluding diaryl/α,β-unsaturated/α-hetero) is 1. The van der Waals surface area contributed by atoms with Crippen molar-refractivity contribution in [2.75, 3.05) is 0 Å². The molecule has 1 heterocycles. The Kier molecular flexibility index (Phi) is 3.74. The summed E-state index contributed by atoms with van der Waals surface area (Å²) in [5, 5.41) is 0. The highest BCUT2D eigenvalue weighted by molar-refractivity contribution is 5.96. The highest BCUT2D eigenvalue weighted by Gasteiger charge is 2.04. The molecule has 0 aliphatic heterocycles. The molecule has 0 saturated carbocycles. The fraction of sp³-hybridized carbons (Fsp3) is 0.182. The van der Waals surface area contributed by atoms with Gasteiger partial charge in [-0.3, -0.25) is 14.6 Å². The van der Waals surface area contributed by atoms with E-state index in [1.165, 1.54) is 13.0 Å². The van der Waals surface area contributed by atoms with Crippen LogP contribution in [0, 0.1) is 6.92 Å². The molecular weight excluding hydrogens is 194 g/mol. The molecular formula is C11H11NO3. The third kappa shape index (κ3) is 3.34. The van der Waals surface area contributed by atoms with E-state index in [0.717, 1.165) is 11.3 Å². The highest BCUT2D eigenvalue weighted by Crippen LogP contribution is 2.08. The Hall–Kier alpha value is -1.97. The van der Waals surface area contributed by atoms with Crippen LogP contribution in [-0.4, -0.2) is 17.2 Å². The standard InChI is InChI=1S/C11H11NO3/c1-8-5-10(3-4-12-8)6-11(9(2)14)15-7-13/h3-7H,1-2H3/b11-6-. The van der Waals surface area contributed by atoms with Gasteiger partial charge in [-0.1, -0.05) is 0 Å². The average molecular weight is 205 g/mol. The summed E-state index contributed by atoms with van der Waals surface area (Å²) in [6.45, 7) is 3.41. The number of hydrogen-bond donors (Lipinski definition) is 0. The zero-order chi connectivity index (χ0) is 11.3. The fourth-order valence-electron chi connectivity index (χ4n) is 1.08. The number of carbonyl (C=O) groups is 2. The molecule has 15 heavy (non-hydrogen) atoms. The number of aryl methyl sites for hydroxylation is 1. The maximum Gasteiger partial charge on any atom is 0.298 e. The monoisotopic (exact) mass is 205 g/mol. The van der Waals surface area contributed by atoms with Crippen LogP contribution < -0.4 is 0 Å². The Morgan fingerprint density at radius 3 is 2.80 bits per heavy atom. The topological polar surface area (TPSA) is 56.3 Å². The Labute approximate surface area is 87.6 Å². The summed E-state index contributed by atoms with van der Waals surface area (Å²) in [5.74, 6) is -0.271. The maximum absolute atomic E-state index is 11.1. The number of ketones is 1. The second kappa shape index (κ2) is 5.05. The van der Waals surface area contributed by atoms with E-state index in [4.69, 9.17) is 0 Å². The van der Waals surface area contributed by atoms with Crippen molar-refractivity contribution in [1.29, 1.82) is 0 Å². The highest BCUT2D eigenvalue weighted by atomic mass is 16.5. The van der Waals surface area contributed by atoms with Crippen LogP contribution in [0.4, 0.5) is 0 Å². The number of carbonyl (C=O) groups excluding carboxylic acids is 2. The number of allylic oxidation sites excluding steroid dienone is 1. The van der Waals surface area contributed by atoms with Gasteiger partial charge in [-0.05, 0) is 30.7 Å². The lowest BCUT2D eigenvalue weighted by molar-refractivity contribution is -0.129. The van der Waals surface area contributed by atoms with E-state index in [2.05, 4.69) is 9.72 Å². The third-order valence-corrected chi connectivity index (χ3v) is 1.74. The Bertz CT molecular complexity index is 410. The van der Waals surface area contributed by atoms with Gasteiger partial charge >= 0.3 is 0 Å². The van der Waals surface area contributed by atoms with Gasteiger partial charge in [0, 0.05) is 18.8 Å². The van der Waals surface area contributed by atoms with Gasteiger partial charge in [-0.15, -0.1) is 0 Å². The van der Waals surface area contributed by atoms with Gasteiger partial charge in [0.1, 0.15) is 0 Å². The smallest absolute Gasteiger partial charge is 0.298 e. The van der Waals surface area contributed by atoms with Gasteiger partial charge in [-0.2, -0.15) is 0 Å². The molecule has 1 rings (SSSR count). The van der Waals surface area contributed by atoms with Crippen LogP contribution in [0.2, 0.25) is 0 Å². The first-order chi connectivity index (χ1) is 7.13. The largest absolute Gasteiger partial charge is 0.425 e. The predicted octanol–water partition coefficient (Wildman–Crippen LogP) is 1.49. The molecule has 0 atom stereocenters. The number of hydrogen-bond acceptors (Lipinski definition) is 4. The fourth-order valence-corrected chi connectivity index (χ4v) is 1.08. The van der Waals surface area contributed by atoms with Crippen LogP contribution in [-0.2, 0) is 14.3 Å². The molecule has 4 nitrogen and oxygen atoms in total. The van der Waals surface area contributed by atoms with E-state index in [1.807, 2.05) is 6.92 Å². The number of rotatable bonds is 4. The molecule has 0 aliphatic rings. The van der Waals surface area contributed by atoms with E-state index in [0.29, 0.717) is 0 Å². The van der Waals surface area contributed by atoms with Crippen molar-refractivity contribution in [3.05, 3.63) is 35.3 Å². The predicted molar refractivity (Wildman–Crippen MR) is 54.8 cm³/mol. The zero-order valence-corrected chi connectivity index (χ0v) is 8.56. The second-order valence-corrected chi connectivity index (χ2v) is 3.01. The van der Waals surface area contributed by atoms with Gasteiger partial charge < -0.3 is 4.74 Å². The Morgan fingerprint density at radius 1 is 1.53 bits per heavy atom. The van der Waals surface area contributed by atoms with Crippen LogP contribution >= 0.6 is 0 Å². The molecule has 0 unspecified atom stereocenters. The van der Waals surface area contributed by atoms with Crippen molar-refractivity contribution in [3.8, 4) is 0 Å². The van der Waals surface area contributed by atoms with Crippen molar-refractivity contribution in [1.82, 2.24) is 4.98 Å². The summed E-state index contributed by atoms with van der Waals surface area (Å²) in [7, 11) is 0. The lowest BCUT2D eigenvalue weighted by Gasteiger charge is -2.00. The van der Waals surface area contributed by atoms with Crippen molar-refractivity contribution < 1.29 is 14.3 Å². The van der Waals surface area contributed by atoms with E-state index in [-0.39, 0.29) is 18.0 Å². The van der Waals surface area contributed by atoms with Crippen LogP contribution in [0.25, 0.3) is 6.08 Å². The van der Waals surface area contributed by atoms with Crippen LogP contribution in [0.3, 0.4) is 0 Å². The quantitative estimate of drug-likeness (QED) is 0.424. The summed E-state index contributed by atoms with van der Waals surface area (Å²) in [6.07, 6.45) is 3.13. The number of nitrogens with zero attached hydrogens (tertiary/aromatic N) is 1. The summed E-state index contributed by atoms with van der Waals surface area (Å²) in [5.41, 5.74) is 1.60. The molecule has 4 heteroatoms. The maximum atomic E-state index is 11.1. The van der Waals surface area contributed by atoms with Crippen molar-refractivity contribution in [3.63, 3.8) is 0 Å². The lowest BCUT2D eigenvalue weighted by atomic mass is 10.2. The Morgan fingerprint density at radius 2 is 2.27 bits per heavy atom. The number of aromatic nitrogens is 1. The average Bonchev–Trinajstić information content (AvgIpc) is 2.17. The van der Waals surface area contributed by atoms with Gasteiger partial charge in [0.15, 0.2) is 11.5 Å². The molecule has 0 bridgehead atoms. The minimum atomic E-state index is -0.295. The molecule has 1 aromatic rings. The molecule has 0 N–H and O–H groups in total. The molecule has 0 spiro atoms. The van der Waals surface area contributed by atoms with E-state index < -0.39 is 0 Å². The third-order valence-electron chi connectivity index (χ3n) is 1.74.